The molecule has 0 aliphatic rings. The van der Waals surface area contributed by atoms with Gasteiger partial charge >= 0.3 is 0 Å². The molecule has 0 aromatic carbocycles. The van der Waals surface area contributed by atoms with Gasteiger partial charge in [-0.1, -0.05) is 6.92 Å². The van der Waals surface area contributed by atoms with Gasteiger partial charge in [0.15, 0.2) is 0 Å². The minimum Gasteiger partial charge on any atom is -0.394 e. The van der Waals surface area contributed by atoms with Gasteiger partial charge in [0.25, 0.3) is 0 Å². The van der Waals surface area contributed by atoms with Crippen molar-refractivity contribution in [1.29, 1.82) is 0 Å². The second-order valence-corrected chi connectivity index (χ2v) is 3.35. The fourth-order valence-electron chi connectivity index (χ4n) is 1.14. The highest BCUT2D eigenvalue weighted by Crippen LogP contribution is 2.03. The topological polar surface area (TPSA) is 80.0 Å². The summed E-state index contributed by atoms with van der Waals surface area (Å²) in [5.41, 5.74) is 0. The molecule has 0 aliphatic carbocycles. The van der Waals surface area contributed by atoms with Gasteiger partial charge < -0.3 is 10.4 Å². The standard InChI is InChI=1S/C9H16N4O2/c1-3-8(4-14)12-9(15)7(2)13-6-10-5-11-13/h5-8,14H,3-4H2,1-2H3,(H,12,15)/t7?,8-/m0/s1. The molecule has 0 bridgehead atoms. The van der Waals surface area contributed by atoms with E-state index >= 15 is 0 Å². The zero-order valence-corrected chi connectivity index (χ0v) is 8.92. The largest absolute Gasteiger partial charge is 0.394 e. The number of aliphatic hydroxyl groups excluding tert-OH is 1. The molecule has 0 aliphatic heterocycles. The van der Waals surface area contributed by atoms with Crippen LogP contribution < -0.4 is 5.32 Å². The Morgan fingerprint density at radius 3 is 2.87 bits per heavy atom. The molecule has 0 spiro atoms. The van der Waals surface area contributed by atoms with Crippen molar-refractivity contribution in [3.05, 3.63) is 12.7 Å². The Bertz CT molecular complexity index is 295. The lowest BCUT2D eigenvalue weighted by atomic mass is 10.2. The number of nitrogens with zero attached hydrogens (tertiary/aromatic N) is 3. The first kappa shape index (κ1) is 11.6. The number of aromatic nitrogens is 3. The highest BCUT2D eigenvalue weighted by molar-refractivity contribution is 5.80. The first-order chi connectivity index (χ1) is 7.19. The molecule has 6 nitrogen and oxygen atoms in total. The Labute approximate surface area is 88.3 Å². The van der Waals surface area contributed by atoms with Crippen molar-refractivity contribution < 1.29 is 9.90 Å². The van der Waals surface area contributed by atoms with E-state index < -0.39 is 6.04 Å². The summed E-state index contributed by atoms with van der Waals surface area (Å²) in [6.45, 7) is 3.59. The minimum absolute atomic E-state index is 0.0493. The van der Waals surface area contributed by atoms with E-state index in [1.54, 1.807) is 6.92 Å². The van der Waals surface area contributed by atoms with Gasteiger partial charge in [0.1, 0.15) is 18.7 Å². The van der Waals surface area contributed by atoms with Gasteiger partial charge in [-0.25, -0.2) is 9.67 Å². The van der Waals surface area contributed by atoms with Gasteiger partial charge in [0.2, 0.25) is 5.91 Å². The average molecular weight is 212 g/mol. The molecule has 2 N–H and O–H groups in total. The lowest BCUT2D eigenvalue weighted by Gasteiger charge is -2.17. The normalized spacial score (nSPS) is 14.6. The van der Waals surface area contributed by atoms with Crippen molar-refractivity contribution >= 4 is 5.91 Å². The van der Waals surface area contributed by atoms with Crippen molar-refractivity contribution in [2.24, 2.45) is 0 Å². The zero-order valence-electron chi connectivity index (χ0n) is 8.92. The SMILES string of the molecule is CC[C@@H](CO)NC(=O)C(C)n1cncn1. The van der Waals surface area contributed by atoms with E-state index in [4.69, 9.17) is 5.11 Å². The molecule has 1 aromatic rings. The van der Waals surface area contributed by atoms with Gasteiger partial charge in [-0.05, 0) is 13.3 Å². The fourth-order valence-corrected chi connectivity index (χ4v) is 1.14. The van der Waals surface area contributed by atoms with Crippen molar-refractivity contribution in [3.63, 3.8) is 0 Å². The van der Waals surface area contributed by atoms with Crippen LogP contribution in [0, 0.1) is 0 Å². The third kappa shape index (κ3) is 3.02. The zero-order chi connectivity index (χ0) is 11.3. The number of carbonyl (C=O) groups excluding carboxylic acids is 1. The number of amides is 1. The molecular formula is C9H16N4O2. The van der Waals surface area contributed by atoms with Crippen LogP contribution in [0.2, 0.25) is 0 Å². The molecule has 6 heteroatoms. The van der Waals surface area contributed by atoms with Crippen LogP contribution in [0.25, 0.3) is 0 Å². The lowest BCUT2D eigenvalue weighted by molar-refractivity contribution is -0.125. The molecule has 1 unspecified atom stereocenters. The van der Waals surface area contributed by atoms with E-state index in [1.165, 1.54) is 17.3 Å². The molecule has 0 saturated carbocycles. The lowest BCUT2D eigenvalue weighted by Crippen LogP contribution is -2.40. The van der Waals surface area contributed by atoms with Crippen molar-refractivity contribution in [2.75, 3.05) is 6.61 Å². The second kappa shape index (κ2) is 5.45. The third-order valence-electron chi connectivity index (χ3n) is 2.27. The van der Waals surface area contributed by atoms with Crippen LogP contribution in [0.15, 0.2) is 12.7 Å². The summed E-state index contributed by atoms with van der Waals surface area (Å²) in [6.07, 6.45) is 3.57. The first-order valence-electron chi connectivity index (χ1n) is 4.94. The van der Waals surface area contributed by atoms with E-state index in [9.17, 15) is 4.79 Å². The van der Waals surface area contributed by atoms with Crippen LogP contribution in [0.1, 0.15) is 26.3 Å². The van der Waals surface area contributed by atoms with Crippen molar-refractivity contribution in [3.8, 4) is 0 Å². The maximum Gasteiger partial charge on any atom is 0.244 e. The van der Waals surface area contributed by atoms with Gasteiger partial charge in [0, 0.05) is 0 Å². The highest BCUT2D eigenvalue weighted by atomic mass is 16.3. The summed E-state index contributed by atoms with van der Waals surface area (Å²) in [5.74, 6) is -0.165. The molecule has 0 fully saturated rings. The second-order valence-electron chi connectivity index (χ2n) is 3.35. The number of rotatable bonds is 5. The summed E-state index contributed by atoms with van der Waals surface area (Å²) >= 11 is 0. The Morgan fingerprint density at radius 2 is 2.40 bits per heavy atom. The Balaban J connectivity index is 2.53. The third-order valence-corrected chi connectivity index (χ3v) is 2.27. The van der Waals surface area contributed by atoms with Crippen LogP contribution in [0.4, 0.5) is 0 Å². The molecule has 0 saturated heterocycles. The van der Waals surface area contributed by atoms with Gasteiger partial charge in [0.05, 0.1) is 12.6 Å². The predicted octanol–water partition coefficient (Wildman–Crippen LogP) is -0.274. The van der Waals surface area contributed by atoms with Gasteiger partial charge in [-0.15, -0.1) is 0 Å². The molecule has 1 aromatic heterocycles. The monoisotopic (exact) mass is 212 g/mol. The van der Waals surface area contributed by atoms with Gasteiger partial charge in [-0.3, -0.25) is 4.79 Å². The average Bonchev–Trinajstić information content (AvgIpc) is 2.77. The maximum atomic E-state index is 11.7. The molecule has 0 radical (unpaired) electrons. The van der Waals surface area contributed by atoms with E-state index in [1.807, 2.05) is 6.92 Å². The van der Waals surface area contributed by atoms with Crippen LogP contribution in [0.5, 0.6) is 0 Å². The first-order valence-corrected chi connectivity index (χ1v) is 4.94. The van der Waals surface area contributed by atoms with Crippen LogP contribution in [0.3, 0.4) is 0 Å². The Kier molecular flexibility index (Phi) is 4.23. The smallest absolute Gasteiger partial charge is 0.244 e. The number of nitrogens with one attached hydrogen (secondary N) is 1. The van der Waals surface area contributed by atoms with Crippen LogP contribution in [-0.2, 0) is 4.79 Å². The van der Waals surface area contributed by atoms with E-state index in [2.05, 4.69) is 15.4 Å². The molecular weight excluding hydrogens is 196 g/mol. The van der Waals surface area contributed by atoms with E-state index in [0.717, 1.165) is 0 Å². The number of hydrogen-bond acceptors (Lipinski definition) is 4. The fraction of sp³-hybridized carbons (Fsp3) is 0.667. The predicted molar refractivity (Wildman–Crippen MR) is 54.0 cm³/mol. The summed E-state index contributed by atoms with van der Waals surface area (Å²) < 4.78 is 1.47. The minimum atomic E-state index is -0.409. The molecule has 15 heavy (non-hydrogen) atoms. The summed E-state index contributed by atoms with van der Waals surface area (Å²) in [4.78, 5) is 15.4. The van der Waals surface area contributed by atoms with E-state index in [0.29, 0.717) is 6.42 Å². The molecule has 1 amide bonds. The number of aliphatic hydroxyl groups is 1. The molecule has 1 rings (SSSR count). The molecule has 1 heterocycles. The molecule has 2 atom stereocenters. The van der Waals surface area contributed by atoms with Crippen LogP contribution in [-0.4, -0.2) is 38.4 Å². The maximum absolute atomic E-state index is 11.7. The van der Waals surface area contributed by atoms with E-state index in [-0.39, 0.29) is 18.6 Å². The van der Waals surface area contributed by atoms with Gasteiger partial charge in [-0.2, -0.15) is 5.10 Å². The summed E-state index contributed by atoms with van der Waals surface area (Å²) in [5, 5.41) is 15.5. The van der Waals surface area contributed by atoms with Crippen molar-refractivity contribution in [1.82, 2.24) is 20.1 Å². The molecule has 84 valence electrons. The van der Waals surface area contributed by atoms with Crippen LogP contribution >= 0.6 is 0 Å². The quantitative estimate of drug-likeness (QED) is 0.704. The van der Waals surface area contributed by atoms with Crippen molar-refractivity contribution in [2.45, 2.75) is 32.4 Å². The number of hydrogen-bond donors (Lipinski definition) is 2. The highest BCUT2D eigenvalue weighted by Gasteiger charge is 2.17. The Morgan fingerprint density at radius 1 is 1.67 bits per heavy atom. The summed E-state index contributed by atoms with van der Waals surface area (Å²) in [6, 6.07) is -0.600. The Hall–Kier alpha value is -1.43. The number of carbonyl (C=O) groups is 1. The summed E-state index contributed by atoms with van der Waals surface area (Å²) in [7, 11) is 0.